The summed E-state index contributed by atoms with van der Waals surface area (Å²) in [4.78, 5) is 26.7. The second-order valence-corrected chi connectivity index (χ2v) is 3.82. The van der Waals surface area contributed by atoms with E-state index in [1.807, 2.05) is 30.3 Å². The Labute approximate surface area is 110 Å². The number of rotatable bonds is 4. The van der Waals surface area contributed by atoms with Crippen LogP contribution in [-0.4, -0.2) is 17.2 Å². The summed E-state index contributed by atoms with van der Waals surface area (Å²) < 4.78 is 0. The molecule has 0 saturated carbocycles. The van der Waals surface area contributed by atoms with Gasteiger partial charge in [0, 0.05) is 12.4 Å². The number of hydrogen-bond acceptors (Lipinski definition) is 3. The molecule has 19 heavy (non-hydrogen) atoms. The molecule has 0 radical (unpaired) electrons. The van der Waals surface area contributed by atoms with E-state index in [0.717, 1.165) is 5.56 Å². The molecule has 2 aromatic rings. The second-order valence-electron chi connectivity index (χ2n) is 3.82. The monoisotopic (exact) mass is 252 g/mol. The number of nitrogens with zero attached hydrogens (tertiary/aromatic N) is 1. The van der Waals surface area contributed by atoms with Crippen LogP contribution in [0.25, 0.3) is 6.08 Å². The Morgan fingerprint density at radius 2 is 1.89 bits per heavy atom. The highest BCUT2D eigenvalue weighted by Crippen LogP contribution is 2.04. The van der Waals surface area contributed by atoms with E-state index in [1.54, 1.807) is 24.4 Å². The molecule has 2 rings (SSSR count). The van der Waals surface area contributed by atoms with Crippen LogP contribution < -0.4 is 5.32 Å². The van der Waals surface area contributed by atoms with Crippen molar-refractivity contribution in [3.8, 4) is 0 Å². The first-order chi connectivity index (χ1) is 9.29. The van der Waals surface area contributed by atoms with Crippen molar-refractivity contribution < 1.29 is 9.59 Å². The van der Waals surface area contributed by atoms with Gasteiger partial charge in [-0.25, -0.2) is 0 Å². The summed E-state index contributed by atoms with van der Waals surface area (Å²) in [5, 5.41) is 2.55. The smallest absolute Gasteiger partial charge is 0.257 e. The molecule has 1 aromatic carbocycles. The maximum atomic E-state index is 11.9. The van der Waals surface area contributed by atoms with Crippen molar-refractivity contribution in [2.24, 2.45) is 0 Å². The molecule has 0 bridgehead atoms. The minimum Gasteiger partial charge on any atom is -0.319 e. The zero-order chi connectivity index (χ0) is 13.5. The third-order valence-corrected chi connectivity index (χ3v) is 2.43. The van der Waals surface area contributed by atoms with Crippen molar-refractivity contribution in [3.05, 3.63) is 71.7 Å². The average Bonchev–Trinajstić information content (AvgIpc) is 2.48. The summed E-state index contributed by atoms with van der Waals surface area (Å²) in [6.45, 7) is 0. The maximum absolute atomic E-state index is 11.9. The maximum Gasteiger partial charge on any atom is 0.257 e. The number of hydrogen-bond donors (Lipinski definition) is 1. The fraction of sp³-hybridized carbons (Fsp3) is 0. The van der Waals surface area contributed by atoms with Crippen LogP contribution in [0.1, 0.15) is 15.9 Å². The second kappa shape index (κ2) is 6.26. The molecule has 1 N–H and O–H groups in total. The Bertz CT molecular complexity index is 592. The van der Waals surface area contributed by atoms with Crippen molar-refractivity contribution in [2.45, 2.75) is 0 Å². The molecule has 0 aliphatic heterocycles. The van der Waals surface area contributed by atoms with Crippen LogP contribution in [0.15, 0.2) is 60.6 Å². The van der Waals surface area contributed by atoms with Gasteiger partial charge in [-0.05, 0) is 23.8 Å². The molecule has 1 aromatic heterocycles. The Kier molecular flexibility index (Phi) is 4.18. The first-order valence-corrected chi connectivity index (χ1v) is 5.73. The van der Waals surface area contributed by atoms with Crippen LogP contribution in [0.2, 0.25) is 0 Å². The van der Waals surface area contributed by atoms with Gasteiger partial charge in [-0.3, -0.25) is 14.6 Å². The lowest BCUT2D eigenvalue weighted by atomic mass is 10.2. The standard InChI is InChI=1S/C15H12N2O2/c18-11-14(9-12-5-2-1-3-6-12)17-15(19)13-7-4-8-16-10-13/h1-11H,(H,17,19). The lowest BCUT2D eigenvalue weighted by Gasteiger charge is -2.04. The van der Waals surface area contributed by atoms with Gasteiger partial charge in [-0.2, -0.15) is 0 Å². The predicted molar refractivity (Wildman–Crippen MR) is 72.2 cm³/mol. The highest BCUT2D eigenvalue weighted by atomic mass is 16.2. The van der Waals surface area contributed by atoms with Gasteiger partial charge in [0.15, 0.2) is 6.29 Å². The van der Waals surface area contributed by atoms with E-state index < -0.39 is 0 Å². The Hall–Kier alpha value is -2.75. The molecule has 0 unspecified atom stereocenters. The number of nitrogens with one attached hydrogen (secondary N) is 1. The van der Waals surface area contributed by atoms with Gasteiger partial charge in [0.05, 0.1) is 11.3 Å². The van der Waals surface area contributed by atoms with Crippen LogP contribution in [0.5, 0.6) is 0 Å². The van der Waals surface area contributed by atoms with E-state index in [1.165, 1.54) is 6.20 Å². The quantitative estimate of drug-likeness (QED) is 0.669. The summed E-state index contributed by atoms with van der Waals surface area (Å²) in [6, 6.07) is 12.6. The van der Waals surface area contributed by atoms with Gasteiger partial charge in [-0.1, -0.05) is 30.3 Å². The molecule has 1 amide bonds. The van der Waals surface area contributed by atoms with Crippen LogP contribution in [0.3, 0.4) is 0 Å². The molecule has 0 fully saturated rings. The molecule has 4 nitrogen and oxygen atoms in total. The highest BCUT2D eigenvalue weighted by Gasteiger charge is 2.06. The SMILES string of the molecule is O=CC(=Cc1ccccc1)NC(=O)c1cccnc1. The third kappa shape index (κ3) is 3.61. The van der Waals surface area contributed by atoms with Gasteiger partial charge in [-0.15, -0.1) is 0 Å². The number of carbonyl (C=O) groups is 2. The molecule has 94 valence electrons. The lowest BCUT2D eigenvalue weighted by molar-refractivity contribution is -0.105. The zero-order valence-electron chi connectivity index (χ0n) is 10.1. The number of amides is 1. The van der Waals surface area contributed by atoms with Crippen molar-refractivity contribution in [2.75, 3.05) is 0 Å². The fourth-order valence-electron chi connectivity index (χ4n) is 1.53. The van der Waals surface area contributed by atoms with E-state index in [2.05, 4.69) is 10.3 Å². The van der Waals surface area contributed by atoms with E-state index in [-0.39, 0.29) is 11.6 Å². The molecule has 0 saturated heterocycles. The van der Waals surface area contributed by atoms with Crippen LogP contribution >= 0.6 is 0 Å². The number of aromatic nitrogens is 1. The average molecular weight is 252 g/mol. The summed E-state index contributed by atoms with van der Waals surface area (Å²) in [5.74, 6) is -0.359. The molecule has 0 spiro atoms. The van der Waals surface area contributed by atoms with Gasteiger partial charge in [0.2, 0.25) is 0 Å². The Balaban J connectivity index is 2.14. The van der Waals surface area contributed by atoms with Crippen LogP contribution in [-0.2, 0) is 4.79 Å². The van der Waals surface area contributed by atoms with E-state index in [4.69, 9.17) is 0 Å². The Morgan fingerprint density at radius 1 is 1.11 bits per heavy atom. The zero-order valence-corrected chi connectivity index (χ0v) is 10.1. The summed E-state index contributed by atoms with van der Waals surface area (Å²) in [7, 11) is 0. The predicted octanol–water partition coefficient (Wildman–Crippen LogP) is 2.05. The van der Waals surface area contributed by atoms with Crippen LogP contribution in [0, 0.1) is 0 Å². The molecule has 0 atom stereocenters. The summed E-state index contributed by atoms with van der Waals surface area (Å²) in [6.07, 6.45) is 5.25. The molecular formula is C15H12N2O2. The van der Waals surface area contributed by atoms with E-state index in [0.29, 0.717) is 11.8 Å². The number of allylic oxidation sites excluding steroid dienone is 1. The van der Waals surface area contributed by atoms with E-state index in [9.17, 15) is 9.59 Å². The molecule has 1 heterocycles. The summed E-state index contributed by atoms with van der Waals surface area (Å²) in [5.41, 5.74) is 1.46. The van der Waals surface area contributed by atoms with Gasteiger partial charge >= 0.3 is 0 Å². The number of aldehydes is 1. The van der Waals surface area contributed by atoms with Gasteiger partial charge in [0.1, 0.15) is 0 Å². The van der Waals surface area contributed by atoms with Crippen LogP contribution in [0.4, 0.5) is 0 Å². The van der Waals surface area contributed by atoms with Gasteiger partial charge in [0.25, 0.3) is 5.91 Å². The van der Waals surface area contributed by atoms with E-state index >= 15 is 0 Å². The minimum absolute atomic E-state index is 0.208. The van der Waals surface area contributed by atoms with Crippen molar-refractivity contribution in [3.63, 3.8) is 0 Å². The highest BCUT2D eigenvalue weighted by molar-refractivity contribution is 5.99. The lowest BCUT2D eigenvalue weighted by Crippen LogP contribution is -2.23. The molecule has 0 aliphatic carbocycles. The topological polar surface area (TPSA) is 59.1 Å². The third-order valence-electron chi connectivity index (χ3n) is 2.43. The first kappa shape index (κ1) is 12.7. The van der Waals surface area contributed by atoms with Gasteiger partial charge < -0.3 is 5.32 Å². The molecule has 4 heteroatoms. The normalized spacial score (nSPS) is 10.8. The first-order valence-electron chi connectivity index (χ1n) is 5.73. The Morgan fingerprint density at radius 3 is 2.53 bits per heavy atom. The van der Waals surface area contributed by atoms with Crippen molar-refractivity contribution in [1.29, 1.82) is 0 Å². The fourth-order valence-corrected chi connectivity index (χ4v) is 1.53. The molecular weight excluding hydrogens is 240 g/mol. The number of pyridine rings is 1. The molecule has 0 aliphatic rings. The number of carbonyl (C=O) groups excluding carboxylic acids is 2. The minimum atomic E-state index is -0.359. The number of benzene rings is 1. The summed E-state index contributed by atoms with van der Waals surface area (Å²) >= 11 is 0. The largest absolute Gasteiger partial charge is 0.319 e. The van der Waals surface area contributed by atoms with Crippen molar-refractivity contribution >= 4 is 18.3 Å². The van der Waals surface area contributed by atoms with Crippen molar-refractivity contribution in [1.82, 2.24) is 10.3 Å².